The number of aromatic nitrogens is 3. The standard InChI is InChI=1S/C14H13F3N4O.C2H6/c1-8-20-7-11(14(15,16)17)12(21-8)3-2-10-6-9(13(18)22)4-5-19-10;1-2/h4-7H,2-3H2,1H3,(H2,18,22);1-2H3. The molecule has 24 heavy (non-hydrogen) atoms. The molecule has 0 aliphatic rings. The second-order valence-electron chi connectivity index (χ2n) is 4.68. The summed E-state index contributed by atoms with van der Waals surface area (Å²) in [5.41, 5.74) is 4.94. The monoisotopic (exact) mass is 340 g/mol. The lowest BCUT2D eigenvalue weighted by Gasteiger charge is -2.12. The largest absolute Gasteiger partial charge is 0.419 e. The second-order valence-corrected chi connectivity index (χ2v) is 4.68. The van der Waals surface area contributed by atoms with Gasteiger partial charge in [-0.1, -0.05) is 13.8 Å². The summed E-state index contributed by atoms with van der Waals surface area (Å²) in [4.78, 5) is 22.6. The van der Waals surface area contributed by atoms with Crippen LogP contribution in [0, 0.1) is 6.92 Å². The molecule has 5 nitrogen and oxygen atoms in total. The minimum absolute atomic E-state index is 0.0351. The topological polar surface area (TPSA) is 81.8 Å². The van der Waals surface area contributed by atoms with Crippen LogP contribution < -0.4 is 5.73 Å². The number of carbonyl (C=O) groups excluding carboxylic acids is 1. The number of amides is 1. The molecule has 0 aromatic carbocycles. The molecule has 2 rings (SSSR count). The maximum Gasteiger partial charge on any atom is 0.419 e. The Labute approximate surface area is 138 Å². The van der Waals surface area contributed by atoms with Gasteiger partial charge in [0.25, 0.3) is 0 Å². The normalized spacial score (nSPS) is 10.8. The van der Waals surface area contributed by atoms with E-state index in [1.54, 1.807) is 0 Å². The van der Waals surface area contributed by atoms with E-state index in [-0.39, 0.29) is 29.9 Å². The molecule has 0 saturated heterocycles. The number of primary amides is 1. The fourth-order valence-corrected chi connectivity index (χ4v) is 1.96. The van der Waals surface area contributed by atoms with Gasteiger partial charge in [-0.05, 0) is 31.9 Å². The predicted octanol–water partition coefficient (Wildman–Crippen LogP) is 3.11. The van der Waals surface area contributed by atoms with Crippen molar-refractivity contribution in [1.29, 1.82) is 0 Å². The van der Waals surface area contributed by atoms with Crippen molar-refractivity contribution in [3.05, 3.63) is 52.9 Å². The van der Waals surface area contributed by atoms with Crippen molar-refractivity contribution in [3.63, 3.8) is 0 Å². The van der Waals surface area contributed by atoms with Crippen molar-refractivity contribution in [2.45, 2.75) is 39.8 Å². The van der Waals surface area contributed by atoms with E-state index in [4.69, 9.17) is 5.73 Å². The molecule has 0 aliphatic heterocycles. The molecule has 0 spiro atoms. The molecule has 0 saturated carbocycles. The van der Waals surface area contributed by atoms with Crippen LogP contribution in [0.1, 0.15) is 47.0 Å². The van der Waals surface area contributed by atoms with Crippen molar-refractivity contribution in [3.8, 4) is 0 Å². The third kappa shape index (κ3) is 5.29. The lowest BCUT2D eigenvalue weighted by Crippen LogP contribution is -2.14. The zero-order chi connectivity index (χ0) is 18.3. The van der Waals surface area contributed by atoms with Crippen LogP contribution in [0.25, 0.3) is 0 Å². The van der Waals surface area contributed by atoms with E-state index in [2.05, 4.69) is 15.0 Å². The number of hydrogen-bond donors (Lipinski definition) is 1. The maximum atomic E-state index is 12.9. The smallest absolute Gasteiger partial charge is 0.366 e. The lowest BCUT2D eigenvalue weighted by molar-refractivity contribution is -0.138. The van der Waals surface area contributed by atoms with Crippen LogP contribution in [0.2, 0.25) is 0 Å². The quantitative estimate of drug-likeness (QED) is 0.927. The zero-order valence-corrected chi connectivity index (χ0v) is 13.7. The first-order valence-corrected chi connectivity index (χ1v) is 7.42. The summed E-state index contributed by atoms with van der Waals surface area (Å²) in [6.45, 7) is 5.52. The molecule has 2 aromatic rings. The molecule has 0 aliphatic carbocycles. The fourth-order valence-electron chi connectivity index (χ4n) is 1.96. The van der Waals surface area contributed by atoms with E-state index in [9.17, 15) is 18.0 Å². The Morgan fingerprint density at radius 2 is 1.88 bits per heavy atom. The molecule has 0 fully saturated rings. The van der Waals surface area contributed by atoms with E-state index in [1.807, 2.05) is 13.8 Å². The first kappa shape index (κ1) is 19.5. The van der Waals surface area contributed by atoms with Crippen LogP contribution in [0.4, 0.5) is 13.2 Å². The van der Waals surface area contributed by atoms with Crippen molar-refractivity contribution >= 4 is 5.91 Å². The number of nitrogens with two attached hydrogens (primary N) is 1. The number of rotatable bonds is 4. The molecule has 1 amide bonds. The molecule has 130 valence electrons. The van der Waals surface area contributed by atoms with Crippen molar-refractivity contribution < 1.29 is 18.0 Å². The minimum atomic E-state index is -4.51. The molecule has 2 heterocycles. The highest BCUT2D eigenvalue weighted by atomic mass is 19.4. The molecule has 0 radical (unpaired) electrons. The average molecular weight is 340 g/mol. The summed E-state index contributed by atoms with van der Waals surface area (Å²) in [5.74, 6) is -0.348. The zero-order valence-electron chi connectivity index (χ0n) is 13.7. The van der Waals surface area contributed by atoms with Crippen LogP contribution in [0.3, 0.4) is 0 Å². The highest BCUT2D eigenvalue weighted by molar-refractivity contribution is 5.92. The Morgan fingerprint density at radius 1 is 1.21 bits per heavy atom. The number of pyridine rings is 1. The van der Waals surface area contributed by atoms with Gasteiger partial charge in [0.05, 0.1) is 11.3 Å². The Bertz CT molecular complexity index is 702. The number of nitrogens with zero attached hydrogens (tertiary/aromatic N) is 3. The molecule has 2 aromatic heterocycles. The van der Waals surface area contributed by atoms with Gasteiger partial charge in [0.15, 0.2) is 0 Å². The van der Waals surface area contributed by atoms with E-state index >= 15 is 0 Å². The van der Waals surface area contributed by atoms with Crippen molar-refractivity contribution in [2.24, 2.45) is 5.73 Å². The molecule has 8 heteroatoms. The van der Waals surface area contributed by atoms with Crippen LogP contribution in [-0.2, 0) is 19.0 Å². The van der Waals surface area contributed by atoms with Crippen molar-refractivity contribution in [1.82, 2.24) is 15.0 Å². The number of hydrogen-bond acceptors (Lipinski definition) is 4. The number of aryl methyl sites for hydroxylation is 3. The predicted molar refractivity (Wildman–Crippen MR) is 83.3 cm³/mol. The van der Waals surface area contributed by atoms with Gasteiger partial charge in [0, 0.05) is 23.7 Å². The average Bonchev–Trinajstić information content (AvgIpc) is 2.54. The van der Waals surface area contributed by atoms with E-state index in [0.29, 0.717) is 5.69 Å². The Kier molecular flexibility index (Phi) is 6.82. The summed E-state index contributed by atoms with van der Waals surface area (Å²) >= 11 is 0. The Hall–Kier alpha value is -2.51. The van der Waals surface area contributed by atoms with Gasteiger partial charge in [0.1, 0.15) is 5.82 Å². The van der Waals surface area contributed by atoms with Crippen LogP contribution in [-0.4, -0.2) is 20.9 Å². The molecular formula is C16H19F3N4O. The first-order valence-electron chi connectivity index (χ1n) is 7.42. The minimum Gasteiger partial charge on any atom is -0.366 e. The van der Waals surface area contributed by atoms with E-state index in [1.165, 1.54) is 25.3 Å². The van der Waals surface area contributed by atoms with Gasteiger partial charge >= 0.3 is 6.18 Å². The molecule has 0 atom stereocenters. The summed E-state index contributed by atoms with van der Waals surface area (Å²) in [6, 6.07) is 2.91. The molecule has 0 unspecified atom stereocenters. The highest BCUT2D eigenvalue weighted by Crippen LogP contribution is 2.31. The third-order valence-corrected chi connectivity index (χ3v) is 3.01. The van der Waals surface area contributed by atoms with Gasteiger partial charge in [-0.25, -0.2) is 9.97 Å². The molecular weight excluding hydrogens is 321 g/mol. The number of halogens is 3. The van der Waals surface area contributed by atoms with Gasteiger partial charge in [-0.2, -0.15) is 13.2 Å². The molecule has 0 bridgehead atoms. The van der Waals surface area contributed by atoms with E-state index < -0.39 is 17.6 Å². The van der Waals surface area contributed by atoms with E-state index in [0.717, 1.165) is 6.20 Å². The fraction of sp³-hybridized carbons (Fsp3) is 0.375. The summed E-state index contributed by atoms with van der Waals surface area (Å²) in [6.07, 6.45) is -2.09. The highest BCUT2D eigenvalue weighted by Gasteiger charge is 2.34. The number of alkyl halides is 3. The SMILES string of the molecule is CC.Cc1ncc(C(F)(F)F)c(CCc2cc(C(N)=O)ccn2)n1. The summed E-state index contributed by atoms with van der Waals surface area (Å²) in [5, 5.41) is 0. The van der Waals surface area contributed by atoms with Gasteiger partial charge < -0.3 is 5.73 Å². The lowest BCUT2D eigenvalue weighted by atomic mass is 10.1. The molecule has 2 N–H and O–H groups in total. The van der Waals surface area contributed by atoms with Gasteiger partial charge in [-0.3, -0.25) is 9.78 Å². The Balaban J connectivity index is 0.00000139. The summed E-state index contributed by atoms with van der Waals surface area (Å²) in [7, 11) is 0. The maximum absolute atomic E-state index is 12.9. The number of carbonyl (C=O) groups is 1. The van der Waals surface area contributed by atoms with Crippen LogP contribution in [0.15, 0.2) is 24.5 Å². The van der Waals surface area contributed by atoms with Crippen molar-refractivity contribution in [2.75, 3.05) is 0 Å². The van der Waals surface area contributed by atoms with Crippen LogP contribution >= 0.6 is 0 Å². The van der Waals surface area contributed by atoms with Gasteiger partial charge in [-0.15, -0.1) is 0 Å². The Morgan fingerprint density at radius 3 is 2.46 bits per heavy atom. The first-order chi connectivity index (χ1) is 11.3. The van der Waals surface area contributed by atoms with Crippen LogP contribution in [0.5, 0.6) is 0 Å². The summed E-state index contributed by atoms with van der Waals surface area (Å²) < 4.78 is 38.8. The third-order valence-electron chi connectivity index (χ3n) is 3.01. The second kappa shape index (κ2) is 8.37. The van der Waals surface area contributed by atoms with Gasteiger partial charge in [0.2, 0.25) is 5.91 Å².